The van der Waals surface area contributed by atoms with Gasteiger partial charge in [-0.05, 0) is 58.7 Å². The largest absolute Gasteiger partial charge is 0.443 e. The zero-order valence-corrected chi connectivity index (χ0v) is 25.7. The number of benzene rings is 2. The van der Waals surface area contributed by atoms with Gasteiger partial charge in [-0.2, -0.15) is 5.01 Å². The first kappa shape index (κ1) is 34.1. The second-order valence-corrected chi connectivity index (χ2v) is 11.9. The molecule has 3 rings (SSSR count). The number of carbonyl (C=O) groups excluding carboxylic acids is 4. The molecule has 4 atom stereocenters. The molecule has 44 heavy (non-hydrogen) atoms. The Hall–Kier alpha value is -4.39. The second kappa shape index (κ2) is 14.9. The lowest BCUT2D eigenvalue weighted by atomic mass is 9.84. The van der Waals surface area contributed by atoms with Crippen LogP contribution >= 0.6 is 0 Å². The van der Waals surface area contributed by atoms with E-state index in [2.05, 4.69) is 15.7 Å². The maximum Gasteiger partial charge on any atom is 0.422 e. The average molecular weight is 607 g/mol. The van der Waals surface area contributed by atoms with E-state index < -0.39 is 66.0 Å². The van der Waals surface area contributed by atoms with Gasteiger partial charge >= 0.3 is 6.09 Å². The second-order valence-electron chi connectivity index (χ2n) is 11.9. The van der Waals surface area contributed by atoms with Crippen LogP contribution in [0.4, 0.5) is 4.79 Å². The van der Waals surface area contributed by atoms with Gasteiger partial charge in [-0.1, -0.05) is 54.6 Å². The summed E-state index contributed by atoms with van der Waals surface area (Å²) < 4.78 is 5.35. The summed E-state index contributed by atoms with van der Waals surface area (Å²) in [6, 6.07) is 17.6. The van der Waals surface area contributed by atoms with Crippen molar-refractivity contribution in [2.75, 3.05) is 0 Å². The number of hydrogen-bond acceptors (Lipinski definition) is 9. The van der Waals surface area contributed by atoms with Crippen molar-refractivity contribution in [3.63, 3.8) is 0 Å². The van der Waals surface area contributed by atoms with Crippen LogP contribution in [0.5, 0.6) is 0 Å². The number of para-hydroxylation sites is 1. The average Bonchev–Trinajstić information content (AvgIpc) is 2.96. The molecule has 1 aromatic heterocycles. The number of aliphatic hydroxyl groups excluding tert-OH is 1. The third kappa shape index (κ3) is 9.56. The molecule has 0 aliphatic carbocycles. The Balaban J connectivity index is 1.93. The number of ether oxygens (including phenoxy) is 1. The summed E-state index contributed by atoms with van der Waals surface area (Å²) in [6.07, 6.45) is -4.14. The predicted molar refractivity (Wildman–Crippen MR) is 166 cm³/mol. The van der Waals surface area contributed by atoms with Crippen molar-refractivity contribution in [3.8, 4) is 0 Å². The number of primary amides is 1. The molecule has 12 nitrogen and oxygen atoms in total. The van der Waals surface area contributed by atoms with Gasteiger partial charge in [-0.25, -0.2) is 9.78 Å². The third-order valence-electron chi connectivity index (χ3n) is 6.81. The first-order valence-electron chi connectivity index (χ1n) is 14.4. The van der Waals surface area contributed by atoms with E-state index in [1.54, 1.807) is 83.1 Å². The summed E-state index contributed by atoms with van der Waals surface area (Å²) in [6.45, 7) is 8.60. The van der Waals surface area contributed by atoms with Gasteiger partial charge in [0.05, 0.1) is 30.0 Å². The molecule has 0 aliphatic heterocycles. The lowest BCUT2D eigenvalue weighted by Gasteiger charge is -2.38. The molecule has 0 saturated carbocycles. The first-order chi connectivity index (χ1) is 20.7. The number of hydrazine groups is 1. The number of nitrogens with one attached hydrogen (secondary N) is 2. The summed E-state index contributed by atoms with van der Waals surface area (Å²) in [5.41, 5.74) is 15.1. The molecule has 2 aromatic carbocycles. The van der Waals surface area contributed by atoms with Crippen LogP contribution in [0, 0.1) is 5.92 Å². The third-order valence-corrected chi connectivity index (χ3v) is 6.81. The van der Waals surface area contributed by atoms with Gasteiger partial charge in [0.25, 0.3) is 5.91 Å². The van der Waals surface area contributed by atoms with Crippen molar-refractivity contribution < 1.29 is 29.0 Å². The van der Waals surface area contributed by atoms with E-state index in [4.69, 9.17) is 16.2 Å². The van der Waals surface area contributed by atoms with Gasteiger partial charge in [0.15, 0.2) is 5.78 Å². The molecule has 3 amide bonds. The fourth-order valence-corrected chi connectivity index (χ4v) is 4.72. The van der Waals surface area contributed by atoms with Crippen molar-refractivity contribution in [2.45, 2.75) is 77.4 Å². The number of nitrogens with two attached hydrogens (primary N) is 2. The van der Waals surface area contributed by atoms with Crippen LogP contribution in [0.2, 0.25) is 0 Å². The Labute approximate surface area is 257 Å². The molecule has 3 aromatic rings. The topological polar surface area (TPSA) is 190 Å². The number of fused-ring (bicyclic) bond motifs is 1. The van der Waals surface area contributed by atoms with E-state index in [0.717, 1.165) is 5.39 Å². The molecule has 12 heteroatoms. The van der Waals surface area contributed by atoms with E-state index in [-0.39, 0.29) is 12.1 Å². The van der Waals surface area contributed by atoms with Gasteiger partial charge in [-0.3, -0.25) is 19.8 Å². The minimum absolute atomic E-state index is 0.0201. The Morgan fingerprint density at radius 1 is 0.977 bits per heavy atom. The number of hydrogen-bond donors (Lipinski definition) is 5. The number of rotatable bonds is 13. The van der Waals surface area contributed by atoms with Crippen LogP contribution in [0.15, 0.2) is 66.7 Å². The molecule has 1 unspecified atom stereocenters. The van der Waals surface area contributed by atoms with Crippen molar-refractivity contribution in [3.05, 3.63) is 78.0 Å². The molecule has 0 aliphatic rings. The van der Waals surface area contributed by atoms with Gasteiger partial charge in [0.1, 0.15) is 17.5 Å². The predicted octanol–water partition coefficient (Wildman–Crippen LogP) is 2.43. The molecule has 0 radical (unpaired) electrons. The van der Waals surface area contributed by atoms with Crippen LogP contribution in [0.25, 0.3) is 10.9 Å². The number of ketones is 1. The minimum Gasteiger partial charge on any atom is -0.443 e. The minimum atomic E-state index is -1.56. The molecule has 1 heterocycles. The summed E-state index contributed by atoms with van der Waals surface area (Å²) in [5.74, 6) is -3.40. The summed E-state index contributed by atoms with van der Waals surface area (Å²) in [7, 11) is 0. The number of carbonyl (C=O) groups is 4. The van der Waals surface area contributed by atoms with Crippen LogP contribution in [0.3, 0.4) is 0 Å². The molecule has 0 spiro atoms. The van der Waals surface area contributed by atoms with Crippen LogP contribution in [-0.2, 0) is 20.7 Å². The molecule has 0 fully saturated rings. The highest BCUT2D eigenvalue weighted by Crippen LogP contribution is 2.21. The summed E-state index contributed by atoms with van der Waals surface area (Å²) in [5, 5.41) is 16.3. The first-order valence-corrected chi connectivity index (χ1v) is 14.4. The number of pyridine rings is 1. The summed E-state index contributed by atoms with van der Waals surface area (Å²) >= 11 is 0. The Morgan fingerprint density at radius 3 is 2.23 bits per heavy atom. The molecule has 7 N–H and O–H groups in total. The highest BCUT2D eigenvalue weighted by Gasteiger charge is 2.40. The van der Waals surface area contributed by atoms with E-state index in [0.29, 0.717) is 11.1 Å². The molecule has 0 bridgehead atoms. The summed E-state index contributed by atoms with van der Waals surface area (Å²) in [4.78, 5) is 56.4. The number of nitrogens with zero attached hydrogens (tertiary/aromatic N) is 2. The van der Waals surface area contributed by atoms with Gasteiger partial charge in [0, 0.05) is 11.4 Å². The standard InChI is InChI=1S/C32H42N6O6/c1-19(2)38(37-31(43)44-32(3,4)5)29(34)28(41)22(17-20-11-7-6-8-12-20)27(40)25(18-26(33)39)36-30(42)24-16-15-21-13-9-10-14-23(21)35-24/h6-16,19,22,25,28-29,41H,17-18,34H2,1-5H3,(H2,33,39)(H,36,42)(H,37,43)/t22-,25+,28-,29?/m1/s1. The van der Waals surface area contributed by atoms with Crippen molar-refractivity contribution >= 4 is 34.6 Å². The van der Waals surface area contributed by atoms with Crippen molar-refractivity contribution in [1.82, 2.24) is 20.7 Å². The zero-order chi connectivity index (χ0) is 32.6. The lowest BCUT2D eigenvalue weighted by molar-refractivity contribution is -0.133. The molecule has 0 saturated heterocycles. The van der Waals surface area contributed by atoms with E-state index >= 15 is 0 Å². The van der Waals surface area contributed by atoms with Gasteiger partial charge in [0.2, 0.25) is 5.91 Å². The quantitative estimate of drug-likeness (QED) is 0.144. The van der Waals surface area contributed by atoms with E-state index in [9.17, 15) is 24.3 Å². The van der Waals surface area contributed by atoms with Crippen LogP contribution in [-0.4, -0.2) is 68.7 Å². The van der Waals surface area contributed by atoms with Crippen LogP contribution in [0.1, 0.15) is 57.1 Å². The smallest absolute Gasteiger partial charge is 0.422 e. The van der Waals surface area contributed by atoms with E-state index in [1.807, 2.05) is 12.1 Å². The zero-order valence-electron chi connectivity index (χ0n) is 25.7. The van der Waals surface area contributed by atoms with Crippen LogP contribution < -0.4 is 22.2 Å². The SMILES string of the molecule is CC(C)N(NC(=O)OC(C)(C)C)C(N)[C@H](O)[C@H](Cc1ccccc1)C(=O)[C@H](CC(N)=O)NC(=O)c1ccc2ccccc2n1. The maximum absolute atomic E-state index is 14.1. The van der Waals surface area contributed by atoms with Crippen molar-refractivity contribution in [1.29, 1.82) is 0 Å². The highest BCUT2D eigenvalue weighted by molar-refractivity contribution is 6.00. The Morgan fingerprint density at radius 2 is 1.61 bits per heavy atom. The monoisotopic (exact) mass is 606 g/mol. The molecule has 236 valence electrons. The highest BCUT2D eigenvalue weighted by atomic mass is 16.6. The Kier molecular flexibility index (Phi) is 11.5. The number of aromatic nitrogens is 1. The Bertz CT molecular complexity index is 1460. The molecular formula is C32H42N6O6. The normalized spacial score (nSPS) is 14.5. The van der Waals surface area contributed by atoms with Gasteiger partial charge in [-0.15, -0.1) is 0 Å². The number of amides is 3. The van der Waals surface area contributed by atoms with Crippen molar-refractivity contribution in [2.24, 2.45) is 17.4 Å². The maximum atomic E-state index is 14.1. The van der Waals surface area contributed by atoms with E-state index in [1.165, 1.54) is 11.1 Å². The van der Waals surface area contributed by atoms with Gasteiger partial charge < -0.3 is 26.6 Å². The number of aliphatic hydroxyl groups is 1. The fourth-order valence-electron chi connectivity index (χ4n) is 4.72. The number of Topliss-reactive ketones (excluding diaryl/α,β-unsaturated/α-hetero) is 1. The lowest BCUT2D eigenvalue weighted by Crippen LogP contribution is -2.63. The molecular weight excluding hydrogens is 564 g/mol. The fraction of sp³-hybridized carbons (Fsp3) is 0.406.